The van der Waals surface area contributed by atoms with Crippen LogP contribution in [-0.4, -0.2) is 24.4 Å². The van der Waals surface area contributed by atoms with Gasteiger partial charge < -0.3 is 9.84 Å². The molecule has 118 valence electrons. The number of benzene rings is 1. The molecule has 1 fully saturated rings. The molecule has 2 heteroatoms. The number of ether oxygens (including phenoxy) is 1. The lowest BCUT2D eigenvalue weighted by Crippen LogP contribution is -2.44. The molecule has 1 heterocycles. The van der Waals surface area contributed by atoms with Gasteiger partial charge >= 0.3 is 0 Å². The molecular weight excluding hydrogens is 260 g/mol. The van der Waals surface area contributed by atoms with Crippen LogP contribution in [0, 0.1) is 0 Å². The normalized spacial score (nSPS) is 19.3. The molecule has 1 atom stereocenters. The Bertz CT molecular complexity index is 382. The van der Waals surface area contributed by atoms with Gasteiger partial charge in [-0.1, -0.05) is 69.4 Å². The van der Waals surface area contributed by atoms with Crippen molar-refractivity contribution in [1.82, 2.24) is 0 Å². The van der Waals surface area contributed by atoms with Crippen LogP contribution in [0.2, 0.25) is 0 Å². The second-order valence-electron chi connectivity index (χ2n) is 6.35. The number of aliphatic hydroxyl groups excluding tert-OH is 1. The van der Waals surface area contributed by atoms with Crippen LogP contribution >= 0.6 is 0 Å². The fraction of sp³-hybridized carbons (Fsp3) is 0.684. The summed E-state index contributed by atoms with van der Waals surface area (Å²) >= 11 is 0. The summed E-state index contributed by atoms with van der Waals surface area (Å²) in [6, 6.07) is 10.6. The van der Waals surface area contributed by atoms with Crippen molar-refractivity contribution in [3.63, 3.8) is 0 Å². The summed E-state index contributed by atoms with van der Waals surface area (Å²) in [7, 11) is 0. The van der Waals surface area contributed by atoms with E-state index in [1.165, 1.54) is 31.2 Å². The molecule has 1 saturated heterocycles. The fourth-order valence-corrected chi connectivity index (χ4v) is 3.54. The minimum atomic E-state index is -0.245. The molecule has 0 radical (unpaired) electrons. The van der Waals surface area contributed by atoms with Gasteiger partial charge in [-0.15, -0.1) is 0 Å². The Kier molecular flexibility index (Phi) is 6.72. The van der Waals surface area contributed by atoms with Gasteiger partial charge in [-0.05, 0) is 24.8 Å². The first-order chi connectivity index (χ1) is 10.3. The summed E-state index contributed by atoms with van der Waals surface area (Å²) < 4.78 is 5.54. The summed E-state index contributed by atoms with van der Waals surface area (Å²) in [4.78, 5) is 0. The van der Waals surface area contributed by atoms with Crippen molar-refractivity contribution < 1.29 is 9.84 Å². The minimum absolute atomic E-state index is 0.0930. The number of hydrogen-bond acceptors (Lipinski definition) is 2. The summed E-state index contributed by atoms with van der Waals surface area (Å²) in [5.74, 6) is 0. The third-order valence-corrected chi connectivity index (χ3v) is 4.95. The van der Waals surface area contributed by atoms with E-state index in [0.29, 0.717) is 0 Å². The van der Waals surface area contributed by atoms with Crippen molar-refractivity contribution in [2.75, 3.05) is 13.2 Å². The Hall–Kier alpha value is -0.860. The predicted octanol–water partition coefficient (Wildman–Crippen LogP) is 4.46. The molecule has 1 unspecified atom stereocenters. The van der Waals surface area contributed by atoms with Crippen molar-refractivity contribution in [3.8, 4) is 0 Å². The topological polar surface area (TPSA) is 29.5 Å². The highest BCUT2D eigenvalue weighted by atomic mass is 16.5. The van der Waals surface area contributed by atoms with E-state index in [0.717, 1.165) is 38.9 Å². The Morgan fingerprint density at radius 3 is 2.38 bits per heavy atom. The highest BCUT2D eigenvalue weighted by Gasteiger charge is 2.40. The first-order valence-corrected chi connectivity index (χ1v) is 8.61. The maximum absolute atomic E-state index is 10.9. The highest BCUT2D eigenvalue weighted by Crippen LogP contribution is 2.39. The lowest BCUT2D eigenvalue weighted by Gasteiger charge is -2.41. The van der Waals surface area contributed by atoms with Crippen LogP contribution in [0.4, 0.5) is 0 Å². The zero-order valence-corrected chi connectivity index (χ0v) is 13.4. The highest BCUT2D eigenvalue weighted by molar-refractivity contribution is 5.27. The maximum Gasteiger partial charge on any atom is 0.0638 e. The van der Waals surface area contributed by atoms with E-state index in [1.54, 1.807) is 0 Å². The number of aliphatic hydroxyl groups is 1. The van der Waals surface area contributed by atoms with Crippen LogP contribution in [0.5, 0.6) is 0 Å². The van der Waals surface area contributed by atoms with Crippen molar-refractivity contribution in [2.45, 2.75) is 69.8 Å². The first kappa shape index (κ1) is 16.5. The van der Waals surface area contributed by atoms with Crippen LogP contribution in [0.15, 0.2) is 30.3 Å². The zero-order chi connectivity index (χ0) is 15.0. The molecule has 0 spiro atoms. The molecule has 1 N–H and O–H groups in total. The lowest BCUT2D eigenvalue weighted by atomic mass is 9.69. The third kappa shape index (κ3) is 4.31. The van der Waals surface area contributed by atoms with Gasteiger partial charge in [0.15, 0.2) is 0 Å². The molecule has 0 saturated carbocycles. The Balaban J connectivity index is 1.99. The van der Waals surface area contributed by atoms with Crippen molar-refractivity contribution in [1.29, 1.82) is 0 Å². The summed E-state index contributed by atoms with van der Waals surface area (Å²) in [5.41, 5.74) is 1.19. The van der Waals surface area contributed by atoms with Crippen molar-refractivity contribution in [3.05, 3.63) is 35.9 Å². The standard InChI is InChI=1S/C19H30O2/c1-2-3-4-5-9-12-18(20)19(13-15-21-16-14-19)17-10-7-6-8-11-17/h6-8,10-11,18,20H,2-5,9,12-16H2,1H3. The molecule has 2 rings (SSSR count). The van der Waals surface area contributed by atoms with E-state index in [4.69, 9.17) is 4.74 Å². The summed E-state index contributed by atoms with van der Waals surface area (Å²) in [6.07, 6.45) is 8.80. The van der Waals surface area contributed by atoms with E-state index in [9.17, 15) is 5.11 Å². The van der Waals surface area contributed by atoms with E-state index in [-0.39, 0.29) is 11.5 Å². The Morgan fingerprint density at radius 1 is 1.05 bits per heavy atom. The molecule has 2 nitrogen and oxygen atoms in total. The Morgan fingerprint density at radius 2 is 1.71 bits per heavy atom. The molecular formula is C19H30O2. The van der Waals surface area contributed by atoms with Crippen LogP contribution < -0.4 is 0 Å². The second-order valence-corrected chi connectivity index (χ2v) is 6.35. The monoisotopic (exact) mass is 290 g/mol. The number of rotatable bonds is 8. The van der Waals surface area contributed by atoms with Crippen LogP contribution in [0.25, 0.3) is 0 Å². The third-order valence-electron chi connectivity index (χ3n) is 4.95. The van der Waals surface area contributed by atoms with Gasteiger partial charge in [0.1, 0.15) is 0 Å². The van der Waals surface area contributed by atoms with Gasteiger partial charge in [0.2, 0.25) is 0 Å². The molecule has 0 aromatic heterocycles. The van der Waals surface area contributed by atoms with Crippen LogP contribution in [-0.2, 0) is 10.2 Å². The van der Waals surface area contributed by atoms with Crippen molar-refractivity contribution >= 4 is 0 Å². The van der Waals surface area contributed by atoms with Gasteiger partial charge in [0.25, 0.3) is 0 Å². The molecule has 0 amide bonds. The SMILES string of the molecule is CCCCCCCC(O)C1(c2ccccc2)CCOCC1. The molecule has 1 aliphatic rings. The smallest absolute Gasteiger partial charge is 0.0638 e. The molecule has 1 aliphatic heterocycles. The van der Waals surface area contributed by atoms with Gasteiger partial charge in [-0.2, -0.15) is 0 Å². The second kappa shape index (κ2) is 8.55. The largest absolute Gasteiger partial charge is 0.392 e. The van der Waals surface area contributed by atoms with Gasteiger partial charge in [0, 0.05) is 18.6 Å². The van der Waals surface area contributed by atoms with Crippen molar-refractivity contribution in [2.24, 2.45) is 0 Å². The van der Waals surface area contributed by atoms with Crippen LogP contribution in [0.3, 0.4) is 0 Å². The summed E-state index contributed by atoms with van der Waals surface area (Å²) in [5, 5.41) is 10.9. The quantitative estimate of drug-likeness (QED) is 0.716. The van der Waals surface area contributed by atoms with Gasteiger partial charge in [-0.3, -0.25) is 0 Å². The summed E-state index contributed by atoms with van der Waals surface area (Å²) in [6.45, 7) is 3.77. The van der Waals surface area contributed by atoms with E-state index < -0.39 is 0 Å². The average molecular weight is 290 g/mol. The lowest BCUT2D eigenvalue weighted by molar-refractivity contribution is -0.0197. The van der Waals surface area contributed by atoms with E-state index >= 15 is 0 Å². The molecule has 21 heavy (non-hydrogen) atoms. The maximum atomic E-state index is 10.9. The van der Waals surface area contributed by atoms with Crippen LogP contribution in [0.1, 0.15) is 63.9 Å². The number of hydrogen-bond donors (Lipinski definition) is 1. The molecule has 0 aliphatic carbocycles. The molecule has 0 bridgehead atoms. The Labute approximate surface area is 129 Å². The van der Waals surface area contributed by atoms with Gasteiger partial charge in [0.05, 0.1) is 6.10 Å². The van der Waals surface area contributed by atoms with Gasteiger partial charge in [-0.25, -0.2) is 0 Å². The zero-order valence-electron chi connectivity index (χ0n) is 13.4. The fourth-order valence-electron chi connectivity index (χ4n) is 3.54. The predicted molar refractivity (Wildman–Crippen MR) is 87.6 cm³/mol. The van der Waals surface area contributed by atoms with E-state index in [2.05, 4.69) is 31.2 Å². The first-order valence-electron chi connectivity index (χ1n) is 8.61. The molecule has 1 aromatic carbocycles. The number of unbranched alkanes of at least 4 members (excludes halogenated alkanes) is 4. The molecule has 1 aromatic rings. The minimum Gasteiger partial charge on any atom is -0.392 e. The van der Waals surface area contributed by atoms with E-state index in [1.807, 2.05) is 6.07 Å². The average Bonchev–Trinajstić information content (AvgIpc) is 2.56.